The Hall–Kier alpha value is -1.94. The van der Waals surface area contributed by atoms with Crippen molar-refractivity contribution in [2.24, 2.45) is 0 Å². The maximum absolute atomic E-state index is 13.1. The number of nitrogens with zero attached hydrogens (tertiary/aromatic N) is 4. The molecule has 2 aliphatic rings. The zero-order valence-corrected chi connectivity index (χ0v) is 19.5. The monoisotopic (exact) mass is 460 g/mol. The van der Waals surface area contributed by atoms with Crippen LogP contribution < -0.4 is 4.90 Å². The highest BCUT2D eigenvalue weighted by Crippen LogP contribution is 2.31. The van der Waals surface area contributed by atoms with Crippen LogP contribution in [0.3, 0.4) is 0 Å². The summed E-state index contributed by atoms with van der Waals surface area (Å²) in [6.07, 6.45) is 3.35. The lowest BCUT2D eigenvalue weighted by Crippen LogP contribution is -2.47. The third-order valence-corrected chi connectivity index (χ3v) is 8.75. The summed E-state index contributed by atoms with van der Waals surface area (Å²) in [6.45, 7) is 5.01. The lowest BCUT2D eigenvalue weighted by Gasteiger charge is -2.31. The van der Waals surface area contributed by atoms with Crippen molar-refractivity contribution in [3.63, 3.8) is 0 Å². The van der Waals surface area contributed by atoms with Crippen LogP contribution in [-0.4, -0.2) is 73.5 Å². The summed E-state index contributed by atoms with van der Waals surface area (Å²) in [7, 11) is -1.55. The fourth-order valence-corrected chi connectivity index (χ4v) is 6.20. The fourth-order valence-electron chi connectivity index (χ4n) is 3.98. The van der Waals surface area contributed by atoms with Gasteiger partial charge in [-0.3, -0.25) is 4.79 Å². The Labute approximate surface area is 188 Å². The summed E-state index contributed by atoms with van der Waals surface area (Å²) in [5, 5.41) is 0.321. The lowest BCUT2D eigenvalue weighted by molar-refractivity contribution is -0.117. The van der Waals surface area contributed by atoms with Crippen molar-refractivity contribution >= 4 is 33.4 Å². The largest absolute Gasteiger partial charge is 0.311 e. The number of amides is 1. The Balaban J connectivity index is 1.43. The SMILES string of the molecule is CC(Sc1ccc(S(=O)(=O)N2CCN(C)CC2)cn1)C(=O)N1CCCc2ccccc21. The van der Waals surface area contributed by atoms with Crippen molar-refractivity contribution in [2.75, 3.05) is 44.7 Å². The number of hydrogen-bond donors (Lipinski definition) is 0. The number of carbonyl (C=O) groups excluding carboxylic acids is 1. The van der Waals surface area contributed by atoms with Gasteiger partial charge in [0.15, 0.2) is 0 Å². The quantitative estimate of drug-likeness (QED) is 0.639. The van der Waals surface area contributed by atoms with Crippen LogP contribution in [0.5, 0.6) is 0 Å². The number of rotatable bonds is 5. The van der Waals surface area contributed by atoms with Crippen molar-refractivity contribution < 1.29 is 13.2 Å². The molecule has 1 unspecified atom stereocenters. The van der Waals surface area contributed by atoms with Gasteiger partial charge in [-0.1, -0.05) is 30.0 Å². The number of aryl methyl sites for hydroxylation is 1. The predicted octanol–water partition coefficient (Wildman–Crippen LogP) is 2.48. The predicted molar refractivity (Wildman–Crippen MR) is 123 cm³/mol. The average Bonchev–Trinajstić information content (AvgIpc) is 2.79. The van der Waals surface area contributed by atoms with Crippen molar-refractivity contribution in [2.45, 2.75) is 34.9 Å². The molecule has 7 nitrogen and oxygen atoms in total. The van der Waals surface area contributed by atoms with Crippen LogP contribution in [0.2, 0.25) is 0 Å². The van der Waals surface area contributed by atoms with Crippen molar-refractivity contribution in [1.29, 1.82) is 0 Å². The summed E-state index contributed by atoms with van der Waals surface area (Å²) in [5.41, 5.74) is 2.20. The first kappa shape index (κ1) is 22.3. The van der Waals surface area contributed by atoms with E-state index in [0.717, 1.165) is 38.2 Å². The standard InChI is InChI=1S/C22H28N4O3S2/c1-17(22(27)26-11-5-7-18-6-3-4-8-20(18)26)30-21-10-9-19(16-23-21)31(28,29)25-14-12-24(2)13-15-25/h3-4,6,8-10,16-17H,5,7,11-15H2,1-2H3. The number of thioether (sulfide) groups is 1. The molecule has 4 rings (SSSR count). The number of pyridine rings is 1. The highest BCUT2D eigenvalue weighted by atomic mass is 32.2. The summed E-state index contributed by atoms with van der Waals surface area (Å²) < 4.78 is 27.2. The number of piperazine rings is 1. The molecule has 0 saturated carbocycles. The third kappa shape index (κ3) is 4.79. The summed E-state index contributed by atoms with van der Waals surface area (Å²) in [4.78, 5) is 21.6. The second-order valence-electron chi connectivity index (χ2n) is 8.02. The van der Waals surface area contributed by atoms with Crippen LogP contribution in [0.25, 0.3) is 0 Å². The van der Waals surface area contributed by atoms with Crippen LogP contribution in [0.1, 0.15) is 18.9 Å². The van der Waals surface area contributed by atoms with E-state index in [0.29, 0.717) is 18.1 Å². The first-order chi connectivity index (χ1) is 14.9. The average molecular weight is 461 g/mol. The highest BCUT2D eigenvalue weighted by Gasteiger charge is 2.29. The number of hydrogen-bond acceptors (Lipinski definition) is 6. The van der Waals surface area contributed by atoms with Gasteiger partial charge in [-0.2, -0.15) is 4.31 Å². The molecule has 0 spiro atoms. The van der Waals surface area contributed by atoms with E-state index in [-0.39, 0.29) is 16.1 Å². The van der Waals surface area contributed by atoms with Gasteiger partial charge in [0.25, 0.3) is 0 Å². The van der Waals surface area contributed by atoms with E-state index in [4.69, 9.17) is 0 Å². The van der Waals surface area contributed by atoms with Gasteiger partial charge >= 0.3 is 0 Å². The maximum Gasteiger partial charge on any atom is 0.244 e. The Morgan fingerprint density at radius 3 is 2.52 bits per heavy atom. The van der Waals surface area contributed by atoms with E-state index in [9.17, 15) is 13.2 Å². The molecule has 0 radical (unpaired) electrons. The molecule has 1 aromatic carbocycles. The summed E-state index contributed by atoms with van der Waals surface area (Å²) in [5.74, 6) is 0.0492. The number of fused-ring (bicyclic) bond motifs is 1. The molecule has 0 aliphatic carbocycles. The number of carbonyl (C=O) groups is 1. The van der Waals surface area contributed by atoms with E-state index in [1.807, 2.05) is 37.1 Å². The molecule has 9 heteroatoms. The maximum atomic E-state index is 13.1. The fraction of sp³-hybridized carbons (Fsp3) is 0.455. The number of anilines is 1. The zero-order chi connectivity index (χ0) is 22.0. The molecule has 1 amide bonds. The minimum absolute atomic E-state index is 0.0492. The van der Waals surface area contributed by atoms with Gasteiger partial charge in [-0.15, -0.1) is 0 Å². The van der Waals surface area contributed by atoms with Gasteiger partial charge in [0, 0.05) is 44.6 Å². The molecule has 0 bridgehead atoms. The molecule has 2 aromatic rings. The number of aromatic nitrogens is 1. The molecule has 1 atom stereocenters. The first-order valence-corrected chi connectivity index (χ1v) is 12.9. The molecule has 0 N–H and O–H groups in total. The van der Waals surface area contributed by atoms with Gasteiger partial charge in [0.2, 0.25) is 15.9 Å². The van der Waals surface area contributed by atoms with E-state index >= 15 is 0 Å². The third-order valence-electron chi connectivity index (χ3n) is 5.83. The second kappa shape index (κ2) is 9.28. The van der Waals surface area contributed by atoms with Crippen molar-refractivity contribution in [1.82, 2.24) is 14.2 Å². The van der Waals surface area contributed by atoms with E-state index in [1.54, 1.807) is 12.1 Å². The molecule has 166 valence electrons. The molecule has 1 fully saturated rings. The molecule has 2 aliphatic heterocycles. The zero-order valence-electron chi connectivity index (χ0n) is 17.9. The van der Waals surface area contributed by atoms with Gasteiger partial charge in [0.05, 0.1) is 10.3 Å². The first-order valence-electron chi connectivity index (χ1n) is 10.6. The number of likely N-dealkylation sites (N-methyl/N-ethyl adjacent to an activating group) is 1. The Kier molecular flexibility index (Phi) is 6.66. The molecule has 1 aromatic heterocycles. The number of para-hydroxylation sites is 1. The Morgan fingerprint density at radius 1 is 1.06 bits per heavy atom. The molecular weight excluding hydrogens is 432 g/mol. The van der Waals surface area contributed by atoms with Crippen LogP contribution in [0.4, 0.5) is 5.69 Å². The molecule has 3 heterocycles. The van der Waals surface area contributed by atoms with Crippen LogP contribution in [0.15, 0.2) is 52.5 Å². The van der Waals surface area contributed by atoms with Crippen LogP contribution in [0, 0.1) is 0 Å². The normalized spacial score (nSPS) is 19.1. The van der Waals surface area contributed by atoms with Gasteiger partial charge in [-0.05, 0) is 50.6 Å². The smallest absolute Gasteiger partial charge is 0.244 e. The lowest BCUT2D eigenvalue weighted by atomic mass is 10.0. The van der Waals surface area contributed by atoms with Crippen molar-refractivity contribution in [3.05, 3.63) is 48.2 Å². The summed E-state index contributed by atoms with van der Waals surface area (Å²) >= 11 is 1.36. The molecule has 1 saturated heterocycles. The van der Waals surface area contributed by atoms with E-state index in [2.05, 4.69) is 16.0 Å². The Bertz CT molecular complexity index is 1030. The molecular formula is C22H28N4O3S2. The van der Waals surface area contributed by atoms with Crippen LogP contribution >= 0.6 is 11.8 Å². The topological polar surface area (TPSA) is 73.8 Å². The Morgan fingerprint density at radius 2 is 1.81 bits per heavy atom. The second-order valence-corrected chi connectivity index (χ2v) is 11.3. The minimum atomic E-state index is -3.54. The van der Waals surface area contributed by atoms with Gasteiger partial charge in [0.1, 0.15) is 4.90 Å². The highest BCUT2D eigenvalue weighted by molar-refractivity contribution is 8.00. The van der Waals surface area contributed by atoms with E-state index < -0.39 is 10.0 Å². The summed E-state index contributed by atoms with van der Waals surface area (Å²) in [6, 6.07) is 11.3. The van der Waals surface area contributed by atoms with Gasteiger partial charge in [-0.25, -0.2) is 13.4 Å². The minimum Gasteiger partial charge on any atom is -0.311 e. The molecule has 31 heavy (non-hydrogen) atoms. The number of sulfonamides is 1. The van der Waals surface area contributed by atoms with Crippen LogP contribution in [-0.2, 0) is 21.2 Å². The number of benzene rings is 1. The van der Waals surface area contributed by atoms with Crippen molar-refractivity contribution in [3.8, 4) is 0 Å². The van der Waals surface area contributed by atoms with Gasteiger partial charge < -0.3 is 9.80 Å². The van der Waals surface area contributed by atoms with E-state index in [1.165, 1.54) is 27.8 Å².